The zero-order valence-corrected chi connectivity index (χ0v) is 9.50. The molecule has 0 aliphatic carbocycles. The number of hydrogen-bond acceptors (Lipinski definition) is 2. The van der Waals surface area contributed by atoms with E-state index in [4.69, 9.17) is 10.00 Å². The van der Waals surface area contributed by atoms with Gasteiger partial charge in [0, 0.05) is 11.1 Å². The highest BCUT2D eigenvalue weighted by molar-refractivity contribution is 9.10. The molecular formula is C11H9BrFNO. The van der Waals surface area contributed by atoms with Gasteiger partial charge in [-0.1, -0.05) is 15.9 Å². The van der Waals surface area contributed by atoms with E-state index in [2.05, 4.69) is 22.0 Å². The van der Waals surface area contributed by atoms with Gasteiger partial charge < -0.3 is 4.74 Å². The molecule has 1 fully saturated rings. The van der Waals surface area contributed by atoms with Crippen molar-refractivity contribution in [3.63, 3.8) is 0 Å². The van der Waals surface area contributed by atoms with Crippen molar-refractivity contribution < 1.29 is 9.13 Å². The van der Waals surface area contributed by atoms with E-state index in [0.717, 1.165) is 10.0 Å². The smallest absolute Gasteiger partial charge is 0.123 e. The maximum atomic E-state index is 13.1. The lowest BCUT2D eigenvalue weighted by atomic mass is 9.97. The Morgan fingerprint density at radius 2 is 2.33 bits per heavy atom. The average molecular weight is 270 g/mol. The molecule has 4 heteroatoms. The molecule has 0 amide bonds. The lowest BCUT2D eigenvalue weighted by molar-refractivity contribution is 0.0999. The fourth-order valence-electron chi connectivity index (χ4n) is 1.76. The van der Waals surface area contributed by atoms with Crippen LogP contribution in [0.2, 0.25) is 0 Å². The third-order valence-corrected chi connectivity index (χ3v) is 3.24. The number of rotatable bonds is 1. The van der Waals surface area contributed by atoms with Crippen LogP contribution < -0.4 is 0 Å². The van der Waals surface area contributed by atoms with Crippen molar-refractivity contribution in [1.29, 1.82) is 5.26 Å². The van der Waals surface area contributed by atoms with E-state index in [0.29, 0.717) is 13.0 Å². The molecule has 2 atom stereocenters. The summed E-state index contributed by atoms with van der Waals surface area (Å²) in [6, 6.07) is 6.63. The van der Waals surface area contributed by atoms with Crippen LogP contribution in [0.3, 0.4) is 0 Å². The highest BCUT2D eigenvalue weighted by atomic mass is 79.9. The molecule has 1 aromatic rings. The van der Waals surface area contributed by atoms with Gasteiger partial charge >= 0.3 is 0 Å². The van der Waals surface area contributed by atoms with E-state index >= 15 is 0 Å². The van der Waals surface area contributed by atoms with Crippen LogP contribution in [0.15, 0.2) is 22.7 Å². The van der Waals surface area contributed by atoms with Gasteiger partial charge in [-0.05, 0) is 30.2 Å². The quantitative estimate of drug-likeness (QED) is 0.785. The molecule has 1 aromatic carbocycles. The summed E-state index contributed by atoms with van der Waals surface area (Å²) in [6.07, 6.45) is 0.407. The Morgan fingerprint density at radius 3 is 3.07 bits per heavy atom. The molecule has 1 heterocycles. The van der Waals surface area contributed by atoms with E-state index in [1.54, 1.807) is 6.07 Å². The monoisotopic (exact) mass is 269 g/mol. The van der Waals surface area contributed by atoms with Crippen LogP contribution in [0.4, 0.5) is 4.39 Å². The van der Waals surface area contributed by atoms with Crippen molar-refractivity contribution in [1.82, 2.24) is 0 Å². The molecule has 0 aromatic heterocycles. The first-order valence-corrected chi connectivity index (χ1v) is 5.48. The minimum absolute atomic E-state index is 0.178. The zero-order chi connectivity index (χ0) is 10.8. The van der Waals surface area contributed by atoms with Crippen molar-refractivity contribution >= 4 is 15.9 Å². The van der Waals surface area contributed by atoms with Crippen LogP contribution >= 0.6 is 15.9 Å². The molecule has 0 spiro atoms. The van der Waals surface area contributed by atoms with Crippen molar-refractivity contribution in [2.75, 3.05) is 6.61 Å². The Morgan fingerprint density at radius 1 is 1.53 bits per heavy atom. The van der Waals surface area contributed by atoms with E-state index in [1.807, 2.05) is 0 Å². The molecule has 78 valence electrons. The van der Waals surface area contributed by atoms with Gasteiger partial charge in [0.15, 0.2) is 0 Å². The maximum absolute atomic E-state index is 13.1. The lowest BCUT2D eigenvalue weighted by Gasteiger charge is -2.14. The van der Waals surface area contributed by atoms with Gasteiger partial charge in [0.1, 0.15) is 5.82 Å². The van der Waals surface area contributed by atoms with Crippen LogP contribution in [0.5, 0.6) is 0 Å². The number of benzene rings is 1. The number of ether oxygens (including phenoxy) is 1. The summed E-state index contributed by atoms with van der Waals surface area (Å²) in [4.78, 5) is 0. The second-order valence-electron chi connectivity index (χ2n) is 3.48. The number of halogens is 2. The largest absolute Gasteiger partial charge is 0.372 e. The molecule has 0 saturated carbocycles. The summed E-state index contributed by atoms with van der Waals surface area (Å²) in [5.74, 6) is -0.483. The first-order valence-electron chi connectivity index (χ1n) is 4.68. The van der Waals surface area contributed by atoms with Gasteiger partial charge in [0.2, 0.25) is 0 Å². The second kappa shape index (κ2) is 4.30. The Bertz CT molecular complexity index is 416. The van der Waals surface area contributed by atoms with Gasteiger partial charge in [-0.25, -0.2) is 4.39 Å². The lowest BCUT2D eigenvalue weighted by Crippen LogP contribution is -2.06. The van der Waals surface area contributed by atoms with Gasteiger partial charge in [-0.3, -0.25) is 0 Å². The Balaban J connectivity index is 2.36. The Hall–Kier alpha value is -0.920. The van der Waals surface area contributed by atoms with Crippen LogP contribution in [-0.4, -0.2) is 6.61 Å². The van der Waals surface area contributed by atoms with Crippen LogP contribution in [0, 0.1) is 23.1 Å². The van der Waals surface area contributed by atoms with E-state index in [1.165, 1.54) is 12.1 Å². The van der Waals surface area contributed by atoms with Crippen LogP contribution in [0.25, 0.3) is 0 Å². The highest BCUT2D eigenvalue weighted by Gasteiger charge is 2.31. The van der Waals surface area contributed by atoms with Crippen molar-refractivity contribution in [2.45, 2.75) is 12.5 Å². The summed E-state index contributed by atoms with van der Waals surface area (Å²) in [5.41, 5.74) is 0.721. The fraction of sp³-hybridized carbons (Fsp3) is 0.364. The SMILES string of the molecule is N#CC1CCOC1c1cc(F)ccc1Br. The van der Waals surface area contributed by atoms with Crippen molar-refractivity contribution in [3.05, 3.63) is 34.1 Å². The molecule has 1 saturated heterocycles. The van der Waals surface area contributed by atoms with E-state index in [-0.39, 0.29) is 17.8 Å². The molecule has 1 aliphatic rings. The van der Waals surface area contributed by atoms with E-state index < -0.39 is 0 Å². The van der Waals surface area contributed by atoms with Crippen LogP contribution in [-0.2, 0) is 4.74 Å². The third-order valence-electron chi connectivity index (χ3n) is 2.52. The van der Waals surface area contributed by atoms with Crippen molar-refractivity contribution in [2.24, 2.45) is 5.92 Å². The number of nitriles is 1. The van der Waals surface area contributed by atoms with Gasteiger partial charge in [-0.2, -0.15) is 5.26 Å². The topological polar surface area (TPSA) is 33.0 Å². The summed E-state index contributed by atoms with van der Waals surface area (Å²) in [7, 11) is 0. The molecule has 2 rings (SSSR count). The van der Waals surface area contributed by atoms with E-state index in [9.17, 15) is 4.39 Å². The van der Waals surface area contributed by atoms with Crippen molar-refractivity contribution in [3.8, 4) is 6.07 Å². The predicted molar refractivity (Wildman–Crippen MR) is 56.5 cm³/mol. The number of hydrogen-bond donors (Lipinski definition) is 0. The predicted octanol–water partition coefficient (Wildman–Crippen LogP) is 3.19. The summed E-state index contributed by atoms with van der Waals surface area (Å²) < 4.78 is 19.3. The number of nitrogens with zero attached hydrogens (tertiary/aromatic N) is 1. The normalized spacial score (nSPS) is 25.1. The fourth-order valence-corrected chi connectivity index (χ4v) is 2.23. The van der Waals surface area contributed by atoms with Gasteiger partial charge in [0.25, 0.3) is 0 Å². The summed E-state index contributed by atoms with van der Waals surface area (Å²) in [6.45, 7) is 0.561. The average Bonchev–Trinajstić information content (AvgIpc) is 2.69. The molecular weight excluding hydrogens is 261 g/mol. The van der Waals surface area contributed by atoms with Crippen LogP contribution in [0.1, 0.15) is 18.1 Å². The first kappa shape index (κ1) is 10.6. The summed E-state index contributed by atoms with van der Waals surface area (Å²) in [5, 5.41) is 8.92. The molecule has 15 heavy (non-hydrogen) atoms. The zero-order valence-electron chi connectivity index (χ0n) is 7.91. The molecule has 2 unspecified atom stereocenters. The van der Waals surface area contributed by atoms with Gasteiger partial charge in [-0.15, -0.1) is 0 Å². The van der Waals surface area contributed by atoms with Gasteiger partial charge in [0.05, 0.1) is 18.1 Å². The Labute approximate surface area is 95.8 Å². The maximum Gasteiger partial charge on any atom is 0.123 e. The molecule has 0 bridgehead atoms. The minimum atomic E-state index is -0.305. The highest BCUT2D eigenvalue weighted by Crippen LogP contribution is 2.37. The molecule has 1 aliphatic heterocycles. The first-order chi connectivity index (χ1) is 7.22. The second-order valence-corrected chi connectivity index (χ2v) is 4.34. The summed E-state index contributed by atoms with van der Waals surface area (Å²) >= 11 is 3.34. The molecule has 0 N–H and O–H groups in total. The standard InChI is InChI=1S/C11H9BrFNO/c12-10-2-1-8(13)5-9(10)11-7(6-14)3-4-15-11/h1-2,5,7,11H,3-4H2. The molecule has 0 radical (unpaired) electrons. The third kappa shape index (κ3) is 2.04. The molecule has 2 nitrogen and oxygen atoms in total. The Kier molecular flexibility index (Phi) is 3.03. The minimum Gasteiger partial charge on any atom is -0.372 e.